The van der Waals surface area contributed by atoms with E-state index in [1.54, 1.807) is 24.3 Å². The van der Waals surface area contributed by atoms with Crippen LogP contribution in [0.25, 0.3) is 0 Å². The number of sulfonamides is 1. The van der Waals surface area contributed by atoms with Crippen LogP contribution in [0, 0.1) is 22.5 Å². The van der Waals surface area contributed by atoms with Crippen molar-refractivity contribution in [3.63, 3.8) is 0 Å². The first-order valence-electron chi connectivity index (χ1n) is 8.37. The van der Waals surface area contributed by atoms with Gasteiger partial charge in [-0.25, -0.2) is 8.42 Å². The number of terminal acetylenes is 1. The van der Waals surface area contributed by atoms with Crippen molar-refractivity contribution in [1.82, 2.24) is 4.31 Å². The van der Waals surface area contributed by atoms with Gasteiger partial charge in [0, 0.05) is 12.6 Å². The van der Waals surface area contributed by atoms with Crippen molar-refractivity contribution in [2.45, 2.75) is 23.5 Å². The molecule has 2 atom stereocenters. The highest BCUT2D eigenvalue weighted by Crippen LogP contribution is 2.29. The molecule has 0 unspecified atom stereocenters. The van der Waals surface area contributed by atoms with Crippen LogP contribution in [0.3, 0.4) is 0 Å². The summed E-state index contributed by atoms with van der Waals surface area (Å²) in [6.45, 7) is 3.39. The molecule has 0 aliphatic rings. The lowest BCUT2D eigenvalue weighted by Crippen LogP contribution is -2.48. The number of nitro benzene ring substituents is 1. The summed E-state index contributed by atoms with van der Waals surface area (Å²) in [4.78, 5) is 10.1. The summed E-state index contributed by atoms with van der Waals surface area (Å²) in [5.41, 5.74) is 0.207. The van der Waals surface area contributed by atoms with Crippen LogP contribution in [0.4, 0.5) is 5.69 Å². The fourth-order valence-corrected chi connectivity index (χ4v) is 4.59. The van der Waals surface area contributed by atoms with Crippen molar-refractivity contribution in [2.75, 3.05) is 6.54 Å². The summed E-state index contributed by atoms with van der Waals surface area (Å²) < 4.78 is 27.5. The van der Waals surface area contributed by atoms with Gasteiger partial charge in [-0.3, -0.25) is 10.1 Å². The van der Waals surface area contributed by atoms with Crippen molar-refractivity contribution >= 4 is 15.7 Å². The number of aliphatic hydroxyl groups excluding tert-OH is 1. The zero-order valence-corrected chi connectivity index (χ0v) is 15.8. The largest absolute Gasteiger partial charge is 0.379 e. The molecule has 0 heterocycles. The maximum atomic E-state index is 13.3. The van der Waals surface area contributed by atoms with Crippen LogP contribution in [0.5, 0.6) is 0 Å². The quantitative estimate of drug-likeness (QED) is 0.301. The van der Waals surface area contributed by atoms with Crippen molar-refractivity contribution in [1.29, 1.82) is 0 Å². The fraction of sp³-hybridized carbons (Fsp3) is 0.200. The number of rotatable bonds is 9. The Balaban J connectivity index is 2.58. The monoisotopic (exact) mass is 400 g/mol. The first-order chi connectivity index (χ1) is 13.3. The molecule has 0 fully saturated rings. The van der Waals surface area contributed by atoms with E-state index in [0.29, 0.717) is 0 Å². The number of para-hydroxylation sites is 1. The van der Waals surface area contributed by atoms with E-state index in [1.165, 1.54) is 18.2 Å². The van der Waals surface area contributed by atoms with Gasteiger partial charge in [-0.1, -0.05) is 54.5 Å². The molecule has 0 aromatic heterocycles. The maximum Gasteiger partial charge on any atom is 0.289 e. The summed E-state index contributed by atoms with van der Waals surface area (Å²) in [6, 6.07) is 12.9. The lowest BCUT2D eigenvalue weighted by atomic mass is 10.0. The summed E-state index contributed by atoms with van der Waals surface area (Å²) >= 11 is 0. The van der Waals surface area contributed by atoms with Crippen LogP contribution in [0.2, 0.25) is 0 Å². The third kappa shape index (κ3) is 4.64. The van der Waals surface area contributed by atoms with E-state index in [9.17, 15) is 23.6 Å². The number of benzene rings is 2. The smallest absolute Gasteiger partial charge is 0.289 e. The van der Waals surface area contributed by atoms with E-state index in [2.05, 4.69) is 12.5 Å². The SMILES string of the molecule is C#C[C@H](O)[C@@H](Cc1ccccc1)N(CC=C)S(=O)(=O)c1ccccc1[N+](=O)[O-]. The van der Waals surface area contributed by atoms with Gasteiger partial charge in [0.2, 0.25) is 0 Å². The molecular formula is C20H20N2O5S. The van der Waals surface area contributed by atoms with Gasteiger partial charge < -0.3 is 5.11 Å². The Morgan fingerprint density at radius 2 is 1.82 bits per heavy atom. The summed E-state index contributed by atoms with van der Waals surface area (Å²) in [5.74, 6) is 2.17. The molecule has 0 bridgehead atoms. The third-order valence-corrected chi connectivity index (χ3v) is 6.09. The molecule has 28 heavy (non-hydrogen) atoms. The molecule has 0 saturated heterocycles. The molecule has 8 heteroatoms. The van der Waals surface area contributed by atoms with E-state index in [0.717, 1.165) is 22.0 Å². The van der Waals surface area contributed by atoms with Gasteiger partial charge in [-0.2, -0.15) is 4.31 Å². The second kappa shape index (κ2) is 9.28. The van der Waals surface area contributed by atoms with Gasteiger partial charge in [0.1, 0.15) is 6.10 Å². The highest BCUT2D eigenvalue weighted by atomic mass is 32.2. The minimum Gasteiger partial charge on any atom is -0.379 e. The van der Waals surface area contributed by atoms with Crippen LogP contribution in [0.15, 0.2) is 72.1 Å². The zero-order chi connectivity index (χ0) is 20.7. The Hall–Kier alpha value is -2.99. The van der Waals surface area contributed by atoms with Crippen LogP contribution in [-0.2, 0) is 16.4 Å². The standard InChI is InChI=1S/C20H20N2O5S/c1-3-14-21(18(19(23)4-2)15-16-10-6-5-7-11-16)28(26,27)20-13-9-8-12-17(20)22(24)25/h2-3,5-13,18-19,23H,1,14-15H2/t18-,19+/m1/s1. The molecule has 1 N–H and O–H groups in total. The average Bonchev–Trinajstić information content (AvgIpc) is 2.70. The van der Waals surface area contributed by atoms with Crippen LogP contribution in [0.1, 0.15) is 5.56 Å². The number of hydrogen-bond donors (Lipinski definition) is 1. The molecule has 0 aliphatic carbocycles. The number of hydrogen-bond acceptors (Lipinski definition) is 5. The zero-order valence-electron chi connectivity index (χ0n) is 15.0. The molecule has 7 nitrogen and oxygen atoms in total. The van der Waals surface area contributed by atoms with E-state index in [1.807, 2.05) is 6.07 Å². The van der Waals surface area contributed by atoms with Crippen LogP contribution in [-0.4, -0.2) is 41.4 Å². The van der Waals surface area contributed by atoms with Gasteiger partial charge in [-0.05, 0) is 18.1 Å². The molecule has 0 spiro atoms. The highest BCUT2D eigenvalue weighted by molar-refractivity contribution is 7.89. The minimum absolute atomic E-state index is 0.125. The van der Waals surface area contributed by atoms with E-state index in [-0.39, 0.29) is 13.0 Å². The van der Waals surface area contributed by atoms with Gasteiger partial charge >= 0.3 is 0 Å². The predicted molar refractivity (Wildman–Crippen MR) is 106 cm³/mol. The van der Waals surface area contributed by atoms with Crippen molar-refractivity contribution < 1.29 is 18.4 Å². The first kappa shape index (κ1) is 21.3. The van der Waals surface area contributed by atoms with Gasteiger partial charge in [0.25, 0.3) is 15.7 Å². The molecule has 0 radical (unpaired) electrons. The minimum atomic E-state index is -4.35. The molecule has 0 amide bonds. The van der Waals surface area contributed by atoms with Gasteiger partial charge in [0.15, 0.2) is 4.90 Å². The summed E-state index contributed by atoms with van der Waals surface area (Å²) in [6.07, 6.45) is 5.41. The first-order valence-corrected chi connectivity index (χ1v) is 9.81. The predicted octanol–water partition coefficient (Wildman–Crippen LogP) is 2.38. The van der Waals surface area contributed by atoms with Gasteiger partial charge in [0.05, 0.1) is 11.0 Å². The summed E-state index contributed by atoms with van der Waals surface area (Å²) in [5, 5.41) is 21.7. The Labute approximate surface area is 164 Å². The molecule has 2 aromatic carbocycles. The fourth-order valence-electron chi connectivity index (χ4n) is 2.83. The van der Waals surface area contributed by atoms with Crippen LogP contribution >= 0.6 is 0 Å². The Morgan fingerprint density at radius 1 is 1.21 bits per heavy atom. The van der Waals surface area contributed by atoms with Crippen molar-refractivity contribution in [3.05, 3.63) is 82.9 Å². The van der Waals surface area contributed by atoms with Crippen molar-refractivity contribution in [2.24, 2.45) is 0 Å². The topological polar surface area (TPSA) is 101 Å². The number of nitrogens with zero attached hydrogens (tertiary/aromatic N) is 2. The Bertz CT molecular complexity index is 983. The molecule has 0 saturated carbocycles. The molecule has 0 aliphatic heterocycles. The average molecular weight is 400 g/mol. The van der Waals surface area contributed by atoms with Crippen molar-refractivity contribution in [3.8, 4) is 12.3 Å². The van der Waals surface area contributed by atoms with E-state index < -0.39 is 37.7 Å². The number of nitro groups is 1. The van der Waals surface area contributed by atoms with E-state index in [4.69, 9.17) is 6.42 Å². The highest BCUT2D eigenvalue weighted by Gasteiger charge is 2.37. The number of aliphatic hydroxyl groups is 1. The third-order valence-electron chi connectivity index (χ3n) is 4.15. The summed E-state index contributed by atoms with van der Waals surface area (Å²) in [7, 11) is -4.35. The maximum absolute atomic E-state index is 13.3. The second-order valence-corrected chi connectivity index (χ2v) is 7.82. The molecule has 2 aromatic rings. The molecule has 146 valence electrons. The Kier molecular flexibility index (Phi) is 7.06. The Morgan fingerprint density at radius 3 is 2.39 bits per heavy atom. The lowest BCUT2D eigenvalue weighted by molar-refractivity contribution is -0.387. The van der Waals surface area contributed by atoms with Gasteiger partial charge in [-0.15, -0.1) is 13.0 Å². The lowest BCUT2D eigenvalue weighted by Gasteiger charge is -2.31. The molecule has 2 rings (SSSR count). The van der Waals surface area contributed by atoms with Crippen LogP contribution < -0.4 is 0 Å². The second-order valence-electron chi connectivity index (χ2n) is 5.96. The van der Waals surface area contributed by atoms with E-state index >= 15 is 0 Å². The normalized spacial score (nSPS) is 13.5. The molecular weight excluding hydrogens is 380 g/mol.